The molecule has 0 atom stereocenters. The monoisotopic (exact) mass is 572 g/mol. The molecule has 6 rings (SSSR count). The number of aryl methyl sites for hydroxylation is 3. The first kappa shape index (κ1) is 28.7. The highest BCUT2D eigenvalue weighted by Gasteiger charge is 2.47. The van der Waals surface area contributed by atoms with Crippen LogP contribution in [0.1, 0.15) is 50.1 Å². The standard InChI is InChI=1S/C39H40O4/c1-23-17-27-20-33-32(31(27)18-24(23)2)19-25(3)26(4)38(33)39(28-11-9-10-12-28,29-13-15-34(40-5)36(21-29)42-7)30-14-16-35(41-6)37(22-30)43-8/h9-19,21-22,28H,20H2,1-8H3. The smallest absolute Gasteiger partial charge is 0.161 e. The fraction of sp³-hybridized carbons (Fsp3) is 0.282. The van der Waals surface area contributed by atoms with Crippen molar-refractivity contribution in [1.82, 2.24) is 0 Å². The lowest BCUT2D eigenvalue weighted by Crippen LogP contribution is -2.38. The van der Waals surface area contributed by atoms with E-state index in [0.717, 1.165) is 17.5 Å². The summed E-state index contributed by atoms with van der Waals surface area (Å²) in [5, 5.41) is 0. The van der Waals surface area contributed by atoms with Crippen LogP contribution < -0.4 is 18.9 Å². The van der Waals surface area contributed by atoms with Gasteiger partial charge in [-0.3, -0.25) is 0 Å². The highest BCUT2D eigenvalue weighted by molar-refractivity contribution is 5.82. The van der Waals surface area contributed by atoms with E-state index in [1.165, 1.54) is 50.1 Å². The minimum Gasteiger partial charge on any atom is -0.493 e. The molecule has 220 valence electrons. The average Bonchev–Trinajstić information content (AvgIpc) is 3.68. The molecule has 4 aromatic rings. The molecule has 0 N–H and O–H groups in total. The van der Waals surface area contributed by atoms with E-state index in [1.807, 2.05) is 12.1 Å². The zero-order chi connectivity index (χ0) is 30.5. The summed E-state index contributed by atoms with van der Waals surface area (Å²) in [6.07, 6.45) is 9.84. The van der Waals surface area contributed by atoms with E-state index in [-0.39, 0.29) is 5.92 Å². The maximum atomic E-state index is 5.91. The van der Waals surface area contributed by atoms with Crippen molar-refractivity contribution in [1.29, 1.82) is 0 Å². The van der Waals surface area contributed by atoms with Crippen molar-refractivity contribution < 1.29 is 18.9 Å². The van der Waals surface area contributed by atoms with Crippen LogP contribution in [0.5, 0.6) is 23.0 Å². The van der Waals surface area contributed by atoms with Gasteiger partial charge in [0.25, 0.3) is 0 Å². The van der Waals surface area contributed by atoms with Crippen molar-refractivity contribution in [2.75, 3.05) is 28.4 Å². The molecule has 0 aromatic heterocycles. The molecule has 0 saturated carbocycles. The molecule has 0 spiro atoms. The zero-order valence-corrected chi connectivity index (χ0v) is 26.4. The van der Waals surface area contributed by atoms with E-state index in [2.05, 4.69) is 94.5 Å². The number of hydrogen-bond acceptors (Lipinski definition) is 4. The van der Waals surface area contributed by atoms with Gasteiger partial charge in [0.2, 0.25) is 0 Å². The number of rotatable bonds is 8. The normalized spacial score (nSPS) is 13.7. The first-order chi connectivity index (χ1) is 20.8. The van der Waals surface area contributed by atoms with E-state index in [9.17, 15) is 0 Å². The number of benzene rings is 4. The first-order valence-corrected chi connectivity index (χ1v) is 14.8. The summed E-state index contributed by atoms with van der Waals surface area (Å²) in [6.45, 7) is 8.94. The van der Waals surface area contributed by atoms with Crippen LogP contribution in [0.3, 0.4) is 0 Å². The molecule has 0 amide bonds. The van der Waals surface area contributed by atoms with Gasteiger partial charge in [0.05, 0.1) is 33.9 Å². The van der Waals surface area contributed by atoms with Crippen LogP contribution in [0, 0.1) is 33.6 Å². The molecular formula is C39H40O4. The van der Waals surface area contributed by atoms with Crippen molar-refractivity contribution in [3.63, 3.8) is 0 Å². The second kappa shape index (κ2) is 11.0. The molecule has 0 unspecified atom stereocenters. The molecule has 0 radical (unpaired) electrons. The summed E-state index contributed by atoms with van der Waals surface area (Å²) in [6, 6.07) is 19.9. The molecule has 0 heterocycles. The second-order valence-electron chi connectivity index (χ2n) is 11.7. The Labute approximate surface area is 255 Å². The summed E-state index contributed by atoms with van der Waals surface area (Å²) in [5.41, 5.74) is 13.6. The van der Waals surface area contributed by atoms with Crippen molar-refractivity contribution in [2.45, 2.75) is 39.5 Å². The molecule has 2 aliphatic carbocycles. The first-order valence-electron chi connectivity index (χ1n) is 14.8. The van der Waals surface area contributed by atoms with Crippen molar-refractivity contribution in [2.24, 2.45) is 5.92 Å². The van der Waals surface area contributed by atoms with Gasteiger partial charge in [0, 0.05) is 5.92 Å². The van der Waals surface area contributed by atoms with E-state index < -0.39 is 5.41 Å². The Kier molecular flexibility index (Phi) is 7.33. The molecule has 4 nitrogen and oxygen atoms in total. The summed E-state index contributed by atoms with van der Waals surface area (Å²) in [7, 11) is 6.76. The number of ether oxygens (including phenoxy) is 4. The third kappa shape index (κ3) is 4.34. The van der Waals surface area contributed by atoms with Gasteiger partial charge in [-0.1, -0.05) is 54.6 Å². The van der Waals surface area contributed by atoms with Crippen molar-refractivity contribution >= 4 is 0 Å². The summed E-state index contributed by atoms with van der Waals surface area (Å²) < 4.78 is 23.2. The minimum absolute atomic E-state index is 0.0282. The number of allylic oxidation sites excluding steroid dienone is 4. The minimum atomic E-state index is -0.616. The Morgan fingerprint density at radius 3 is 1.63 bits per heavy atom. The van der Waals surface area contributed by atoms with Crippen LogP contribution in [0.15, 0.2) is 78.9 Å². The molecule has 43 heavy (non-hydrogen) atoms. The Morgan fingerprint density at radius 2 is 1.09 bits per heavy atom. The lowest BCUT2D eigenvalue weighted by atomic mass is 9.59. The fourth-order valence-corrected chi connectivity index (χ4v) is 7.28. The molecule has 0 fully saturated rings. The summed E-state index contributed by atoms with van der Waals surface area (Å²) in [5.74, 6) is 2.84. The van der Waals surface area contributed by atoms with Crippen LogP contribution in [0.2, 0.25) is 0 Å². The van der Waals surface area contributed by atoms with Crippen LogP contribution in [-0.4, -0.2) is 28.4 Å². The molecule has 4 heteroatoms. The zero-order valence-electron chi connectivity index (χ0n) is 26.4. The lowest BCUT2D eigenvalue weighted by Gasteiger charge is -2.43. The molecular weight excluding hydrogens is 532 g/mol. The Hall–Kier alpha value is -4.44. The SMILES string of the molecule is COc1ccc(C(c2ccc(OC)c(OC)c2)(c2c(C)c(C)cc3c2Cc2cc(C)c(C)cc2-3)C2C=CC=C2)cc1OC. The molecule has 0 aliphatic heterocycles. The summed E-state index contributed by atoms with van der Waals surface area (Å²) in [4.78, 5) is 0. The van der Waals surface area contributed by atoms with E-state index in [0.29, 0.717) is 23.0 Å². The van der Waals surface area contributed by atoms with Crippen LogP contribution >= 0.6 is 0 Å². The lowest BCUT2D eigenvalue weighted by molar-refractivity contribution is 0.351. The quantitative estimate of drug-likeness (QED) is 0.175. The van der Waals surface area contributed by atoms with Crippen molar-refractivity contribution in [3.8, 4) is 34.1 Å². The third-order valence-corrected chi connectivity index (χ3v) is 9.65. The molecule has 0 saturated heterocycles. The van der Waals surface area contributed by atoms with Gasteiger partial charge >= 0.3 is 0 Å². The van der Waals surface area contributed by atoms with Crippen LogP contribution in [-0.2, 0) is 11.8 Å². The van der Waals surface area contributed by atoms with E-state index in [1.54, 1.807) is 28.4 Å². The van der Waals surface area contributed by atoms with Crippen molar-refractivity contribution in [3.05, 3.63) is 129 Å². The third-order valence-electron chi connectivity index (χ3n) is 9.65. The predicted octanol–water partition coefficient (Wildman–Crippen LogP) is 8.60. The molecule has 4 aromatic carbocycles. The second-order valence-corrected chi connectivity index (χ2v) is 11.7. The van der Waals surface area contributed by atoms with Crippen LogP contribution in [0.4, 0.5) is 0 Å². The Bertz CT molecular complexity index is 1720. The van der Waals surface area contributed by atoms with E-state index in [4.69, 9.17) is 18.9 Å². The van der Waals surface area contributed by atoms with Gasteiger partial charge in [-0.2, -0.15) is 0 Å². The Balaban J connectivity index is 1.79. The van der Waals surface area contributed by atoms with Gasteiger partial charge in [0.15, 0.2) is 23.0 Å². The predicted molar refractivity (Wildman–Crippen MR) is 174 cm³/mol. The van der Waals surface area contributed by atoms with E-state index >= 15 is 0 Å². The largest absolute Gasteiger partial charge is 0.493 e. The average molecular weight is 573 g/mol. The highest BCUT2D eigenvalue weighted by atomic mass is 16.5. The summed E-state index contributed by atoms with van der Waals surface area (Å²) >= 11 is 0. The number of methoxy groups -OCH3 is 4. The number of hydrogen-bond donors (Lipinski definition) is 0. The topological polar surface area (TPSA) is 36.9 Å². The fourth-order valence-electron chi connectivity index (χ4n) is 7.28. The Morgan fingerprint density at radius 1 is 0.581 bits per heavy atom. The molecule has 2 aliphatic rings. The maximum Gasteiger partial charge on any atom is 0.161 e. The maximum absolute atomic E-state index is 5.91. The van der Waals surface area contributed by atoms with Gasteiger partial charge in [0.1, 0.15) is 0 Å². The van der Waals surface area contributed by atoms with Gasteiger partial charge in [-0.15, -0.1) is 0 Å². The van der Waals surface area contributed by atoms with Gasteiger partial charge in [-0.05, 0) is 120 Å². The van der Waals surface area contributed by atoms with Gasteiger partial charge in [-0.25, -0.2) is 0 Å². The number of fused-ring (bicyclic) bond motifs is 3. The van der Waals surface area contributed by atoms with Gasteiger partial charge < -0.3 is 18.9 Å². The van der Waals surface area contributed by atoms with Crippen LogP contribution in [0.25, 0.3) is 11.1 Å². The highest BCUT2D eigenvalue weighted by Crippen LogP contribution is 2.55. The molecule has 0 bridgehead atoms.